The molecule has 0 saturated carbocycles. The van der Waals surface area contributed by atoms with Gasteiger partial charge < -0.3 is 4.74 Å². The molecule has 0 heterocycles. The molecule has 4 nitrogen and oxygen atoms in total. The molecule has 2 aromatic carbocycles. The van der Waals surface area contributed by atoms with Crippen LogP contribution in [0.1, 0.15) is 27.6 Å². The molecule has 2 aromatic rings. The molecule has 0 N–H and O–H groups in total. The van der Waals surface area contributed by atoms with E-state index in [0.717, 1.165) is 6.08 Å². The summed E-state index contributed by atoms with van der Waals surface area (Å²) in [6.45, 7) is 1.76. The van der Waals surface area contributed by atoms with Gasteiger partial charge in [0.05, 0.1) is 6.61 Å². The maximum absolute atomic E-state index is 12.5. The number of hydrogen-bond donors (Lipinski definition) is 0. The fourth-order valence-electron chi connectivity index (χ4n) is 1.99. The van der Waals surface area contributed by atoms with Crippen molar-refractivity contribution in [2.24, 2.45) is 0 Å². The molecule has 0 aliphatic heterocycles. The lowest BCUT2D eigenvalue weighted by molar-refractivity contribution is -0.138. The number of ketones is 2. The highest BCUT2D eigenvalue weighted by Gasteiger charge is 2.22. The second kappa shape index (κ2) is 7.84. The summed E-state index contributed by atoms with van der Waals surface area (Å²) in [5.41, 5.74) is 0.453. The number of Topliss-reactive ketones (excluding diaryl/α,β-unsaturated/α-hetero) is 1. The minimum absolute atomic E-state index is 0.123. The Morgan fingerprint density at radius 1 is 0.870 bits per heavy atom. The molecule has 0 aromatic heterocycles. The minimum atomic E-state index is -0.800. The van der Waals surface area contributed by atoms with Crippen LogP contribution in [0.2, 0.25) is 0 Å². The van der Waals surface area contributed by atoms with Crippen LogP contribution >= 0.6 is 0 Å². The Morgan fingerprint density at radius 2 is 1.39 bits per heavy atom. The SMILES string of the molecule is CCOC(=O)/C(=C\C(=O)c1ccccc1)C(=O)c1ccccc1. The molecule has 23 heavy (non-hydrogen) atoms. The Labute approximate surface area is 134 Å². The van der Waals surface area contributed by atoms with Crippen molar-refractivity contribution in [3.05, 3.63) is 83.4 Å². The van der Waals surface area contributed by atoms with E-state index in [2.05, 4.69) is 0 Å². The van der Waals surface area contributed by atoms with Gasteiger partial charge in [0.1, 0.15) is 5.57 Å². The van der Waals surface area contributed by atoms with E-state index in [4.69, 9.17) is 4.74 Å². The van der Waals surface area contributed by atoms with Crippen molar-refractivity contribution < 1.29 is 19.1 Å². The van der Waals surface area contributed by atoms with Crippen LogP contribution in [0.3, 0.4) is 0 Å². The summed E-state index contributed by atoms with van der Waals surface area (Å²) in [7, 11) is 0. The highest BCUT2D eigenvalue weighted by molar-refractivity contribution is 6.27. The topological polar surface area (TPSA) is 60.4 Å². The van der Waals surface area contributed by atoms with E-state index in [-0.39, 0.29) is 12.2 Å². The van der Waals surface area contributed by atoms with Gasteiger partial charge in [0.15, 0.2) is 11.6 Å². The first-order chi connectivity index (χ1) is 11.1. The van der Waals surface area contributed by atoms with Gasteiger partial charge in [-0.15, -0.1) is 0 Å². The number of allylic oxidation sites excluding steroid dienone is 1. The molecule has 0 amide bonds. The average molecular weight is 308 g/mol. The largest absolute Gasteiger partial charge is 0.462 e. The smallest absolute Gasteiger partial charge is 0.342 e. The number of carbonyl (C=O) groups excluding carboxylic acids is 3. The van der Waals surface area contributed by atoms with Crippen LogP contribution in [0, 0.1) is 0 Å². The zero-order valence-electron chi connectivity index (χ0n) is 12.7. The normalized spacial score (nSPS) is 10.9. The number of benzene rings is 2. The lowest BCUT2D eigenvalue weighted by Crippen LogP contribution is -2.18. The van der Waals surface area contributed by atoms with Gasteiger partial charge in [-0.2, -0.15) is 0 Å². The number of rotatable bonds is 6. The standard InChI is InChI=1S/C19H16O4/c1-2-23-19(22)16(18(21)15-11-7-4-8-12-15)13-17(20)14-9-5-3-6-10-14/h3-13H,2H2,1H3/b16-13-. The van der Waals surface area contributed by atoms with Crippen molar-refractivity contribution in [1.82, 2.24) is 0 Å². The summed E-state index contributed by atoms with van der Waals surface area (Å²) in [6.07, 6.45) is 1.04. The van der Waals surface area contributed by atoms with E-state index in [9.17, 15) is 14.4 Å². The molecule has 4 heteroatoms. The monoisotopic (exact) mass is 308 g/mol. The summed E-state index contributed by atoms with van der Waals surface area (Å²) in [5.74, 6) is -1.75. The third-order valence-electron chi connectivity index (χ3n) is 3.11. The number of carbonyl (C=O) groups is 3. The summed E-state index contributed by atoms with van der Waals surface area (Å²) in [5, 5.41) is 0. The van der Waals surface area contributed by atoms with Crippen molar-refractivity contribution in [2.75, 3.05) is 6.61 Å². The molecule has 2 rings (SSSR count). The Hall–Kier alpha value is -3.01. The second-order valence-corrected chi connectivity index (χ2v) is 4.70. The van der Waals surface area contributed by atoms with Crippen molar-refractivity contribution in [1.29, 1.82) is 0 Å². The van der Waals surface area contributed by atoms with E-state index in [1.807, 2.05) is 0 Å². The Balaban J connectivity index is 2.38. The predicted octanol–water partition coefficient (Wildman–Crippen LogP) is 3.24. The first-order valence-electron chi connectivity index (χ1n) is 7.21. The fraction of sp³-hybridized carbons (Fsp3) is 0.105. The number of esters is 1. The zero-order valence-corrected chi connectivity index (χ0v) is 12.7. The van der Waals surface area contributed by atoms with Crippen molar-refractivity contribution >= 4 is 17.5 Å². The van der Waals surface area contributed by atoms with E-state index in [0.29, 0.717) is 11.1 Å². The number of hydrogen-bond acceptors (Lipinski definition) is 4. The van der Waals surface area contributed by atoms with Crippen LogP contribution in [-0.2, 0) is 9.53 Å². The Morgan fingerprint density at radius 3 is 1.91 bits per heavy atom. The molecule has 0 radical (unpaired) electrons. The first-order valence-corrected chi connectivity index (χ1v) is 7.21. The van der Waals surface area contributed by atoms with E-state index in [1.165, 1.54) is 0 Å². The Bertz CT molecular complexity index is 730. The van der Waals surface area contributed by atoms with Gasteiger partial charge in [0.2, 0.25) is 0 Å². The maximum atomic E-state index is 12.5. The van der Waals surface area contributed by atoms with Crippen molar-refractivity contribution in [3.63, 3.8) is 0 Å². The molecule has 0 saturated heterocycles. The third kappa shape index (κ3) is 4.23. The molecule has 0 unspecified atom stereocenters. The van der Waals surface area contributed by atoms with Crippen LogP contribution in [0.5, 0.6) is 0 Å². The zero-order chi connectivity index (χ0) is 16.7. The summed E-state index contributed by atoms with van der Waals surface area (Å²) < 4.78 is 4.90. The third-order valence-corrected chi connectivity index (χ3v) is 3.11. The molecule has 0 bridgehead atoms. The fourth-order valence-corrected chi connectivity index (χ4v) is 1.99. The molecule has 0 atom stereocenters. The van der Waals surface area contributed by atoms with Crippen LogP contribution in [-0.4, -0.2) is 24.1 Å². The molecule has 116 valence electrons. The maximum Gasteiger partial charge on any atom is 0.342 e. The van der Waals surface area contributed by atoms with Crippen LogP contribution in [0.25, 0.3) is 0 Å². The minimum Gasteiger partial charge on any atom is -0.462 e. The molecular formula is C19H16O4. The van der Waals surface area contributed by atoms with Gasteiger partial charge in [0.25, 0.3) is 0 Å². The molecule has 0 fully saturated rings. The van der Waals surface area contributed by atoms with E-state index >= 15 is 0 Å². The Kier molecular flexibility index (Phi) is 5.58. The molecule has 0 aliphatic rings. The van der Waals surface area contributed by atoms with E-state index < -0.39 is 17.5 Å². The van der Waals surface area contributed by atoms with Crippen LogP contribution < -0.4 is 0 Å². The summed E-state index contributed by atoms with van der Waals surface area (Å²) in [6, 6.07) is 16.8. The van der Waals surface area contributed by atoms with E-state index in [1.54, 1.807) is 67.6 Å². The van der Waals surface area contributed by atoms with Gasteiger partial charge in [-0.25, -0.2) is 4.79 Å². The van der Waals surface area contributed by atoms with Gasteiger partial charge in [-0.3, -0.25) is 9.59 Å². The van der Waals surface area contributed by atoms with Crippen LogP contribution in [0.15, 0.2) is 72.3 Å². The van der Waals surface area contributed by atoms with Crippen LogP contribution in [0.4, 0.5) is 0 Å². The first kappa shape index (κ1) is 16.4. The lowest BCUT2D eigenvalue weighted by Gasteiger charge is -2.06. The quantitative estimate of drug-likeness (QED) is 0.270. The molecule has 0 spiro atoms. The van der Waals surface area contributed by atoms with Gasteiger partial charge in [-0.05, 0) is 6.92 Å². The number of ether oxygens (including phenoxy) is 1. The van der Waals surface area contributed by atoms with Gasteiger partial charge >= 0.3 is 5.97 Å². The van der Waals surface area contributed by atoms with Crippen molar-refractivity contribution in [3.8, 4) is 0 Å². The summed E-state index contributed by atoms with van der Waals surface area (Å²) in [4.78, 5) is 36.8. The predicted molar refractivity (Wildman–Crippen MR) is 86.3 cm³/mol. The molecule has 0 aliphatic carbocycles. The lowest BCUT2D eigenvalue weighted by atomic mass is 10.0. The highest BCUT2D eigenvalue weighted by atomic mass is 16.5. The van der Waals surface area contributed by atoms with Crippen molar-refractivity contribution in [2.45, 2.75) is 6.92 Å². The summed E-state index contributed by atoms with van der Waals surface area (Å²) >= 11 is 0. The molecular weight excluding hydrogens is 292 g/mol. The van der Waals surface area contributed by atoms with Gasteiger partial charge in [-0.1, -0.05) is 60.7 Å². The van der Waals surface area contributed by atoms with Gasteiger partial charge in [0, 0.05) is 17.2 Å². The highest BCUT2D eigenvalue weighted by Crippen LogP contribution is 2.12. The second-order valence-electron chi connectivity index (χ2n) is 4.70. The average Bonchev–Trinajstić information content (AvgIpc) is 2.60.